The molecule has 10 nitrogen and oxygen atoms in total. The van der Waals surface area contributed by atoms with Gasteiger partial charge in [-0.15, -0.1) is 11.3 Å². The molecular weight excluding hydrogens is 438 g/mol. The molecule has 1 aromatic heterocycles. The van der Waals surface area contributed by atoms with Crippen molar-refractivity contribution in [1.29, 1.82) is 0 Å². The molecule has 0 radical (unpaired) electrons. The third kappa shape index (κ3) is 4.52. The van der Waals surface area contributed by atoms with Crippen molar-refractivity contribution in [2.24, 2.45) is 5.92 Å². The smallest absolute Gasteiger partial charge is 0.341 e. The number of anilines is 1. The third-order valence-corrected chi connectivity index (χ3v) is 5.64. The summed E-state index contributed by atoms with van der Waals surface area (Å²) in [6, 6.07) is 3.34. The van der Waals surface area contributed by atoms with E-state index in [1.165, 1.54) is 6.07 Å². The maximum Gasteiger partial charge on any atom is 0.341 e. The van der Waals surface area contributed by atoms with Crippen molar-refractivity contribution < 1.29 is 28.8 Å². The van der Waals surface area contributed by atoms with Gasteiger partial charge in [-0.05, 0) is 36.3 Å². The highest BCUT2D eigenvalue weighted by Crippen LogP contribution is 2.31. The summed E-state index contributed by atoms with van der Waals surface area (Å²) in [7, 11) is 0. The number of hydrogen-bond donors (Lipinski definition) is 1. The number of benzene rings is 1. The minimum Gasteiger partial charge on any atom is -0.462 e. The molecular formula is C21H21N3O7S. The van der Waals surface area contributed by atoms with Crippen LogP contribution >= 0.6 is 11.3 Å². The van der Waals surface area contributed by atoms with Crippen LogP contribution in [0.2, 0.25) is 0 Å². The molecule has 168 valence electrons. The van der Waals surface area contributed by atoms with Crippen molar-refractivity contribution >= 4 is 45.7 Å². The first kappa shape index (κ1) is 23.1. The van der Waals surface area contributed by atoms with E-state index < -0.39 is 35.2 Å². The normalized spacial score (nSPS) is 12.8. The van der Waals surface area contributed by atoms with Crippen molar-refractivity contribution in [2.45, 2.75) is 27.2 Å². The lowest BCUT2D eigenvalue weighted by Crippen LogP contribution is -2.37. The number of carbonyl (C=O) groups is 4. The predicted octanol–water partition coefficient (Wildman–Crippen LogP) is 3.27. The lowest BCUT2D eigenvalue weighted by Gasteiger charge is -2.14. The summed E-state index contributed by atoms with van der Waals surface area (Å²) in [6.45, 7) is 5.25. The second-order valence-corrected chi connectivity index (χ2v) is 8.39. The number of carbonyl (C=O) groups excluding carboxylic acids is 4. The Kier molecular flexibility index (Phi) is 6.68. The fourth-order valence-electron chi connectivity index (χ4n) is 3.35. The highest BCUT2D eigenvalue weighted by atomic mass is 32.1. The zero-order chi connectivity index (χ0) is 23.6. The molecule has 11 heteroatoms. The molecule has 3 amide bonds. The highest BCUT2D eigenvalue weighted by molar-refractivity contribution is 7.15. The first-order valence-electron chi connectivity index (χ1n) is 9.86. The number of non-ortho nitro benzene ring substituents is 1. The van der Waals surface area contributed by atoms with Gasteiger partial charge in [0.05, 0.1) is 28.2 Å². The maximum atomic E-state index is 12.6. The van der Waals surface area contributed by atoms with Crippen LogP contribution in [0.5, 0.6) is 0 Å². The van der Waals surface area contributed by atoms with E-state index in [0.29, 0.717) is 6.42 Å². The zero-order valence-electron chi connectivity index (χ0n) is 17.7. The van der Waals surface area contributed by atoms with Gasteiger partial charge in [-0.1, -0.05) is 13.8 Å². The Labute approximate surface area is 187 Å². The van der Waals surface area contributed by atoms with Gasteiger partial charge in [0, 0.05) is 12.1 Å². The van der Waals surface area contributed by atoms with Gasteiger partial charge in [0.25, 0.3) is 17.5 Å². The number of hydrogen-bond acceptors (Lipinski definition) is 8. The van der Waals surface area contributed by atoms with Crippen molar-refractivity contribution in [3.63, 3.8) is 0 Å². The molecule has 0 aliphatic carbocycles. The van der Waals surface area contributed by atoms with E-state index in [1.54, 1.807) is 12.3 Å². The van der Waals surface area contributed by atoms with Gasteiger partial charge < -0.3 is 10.1 Å². The molecule has 0 bridgehead atoms. The SMILES string of the molecule is CCOC(=O)c1c(CC(C)C)csc1NC(=O)CN1C(=O)c2ccc([N+](=O)[O-])cc2C1=O. The van der Waals surface area contributed by atoms with E-state index in [-0.39, 0.29) is 39.9 Å². The van der Waals surface area contributed by atoms with Gasteiger partial charge in [-0.3, -0.25) is 29.4 Å². The van der Waals surface area contributed by atoms with Crippen LogP contribution < -0.4 is 5.32 Å². The average Bonchev–Trinajstić information content (AvgIpc) is 3.21. The fraction of sp³-hybridized carbons (Fsp3) is 0.333. The Balaban J connectivity index is 1.79. The Morgan fingerprint density at radius 3 is 2.53 bits per heavy atom. The number of nitro groups is 1. The molecule has 0 saturated carbocycles. The number of fused-ring (bicyclic) bond motifs is 1. The molecule has 1 aliphatic heterocycles. The van der Waals surface area contributed by atoms with E-state index in [9.17, 15) is 29.3 Å². The summed E-state index contributed by atoms with van der Waals surface area (Å²) < 4.78 is 5.11. The standard InChI is InChI=1S/C21H21N3O7S/c1-4-31-21(28)17-12(7-11(2)3)10-32-18(17)22-16(25)9-23-19(26)14-6-5-13(24(29)30)8-15(14)20(23)27/h5-6,8,10-11H,4,7,9H2,1-3H3,(H,22,25). The Morgan fingerprint density at radius 2 is 1.91 bits per heavy atom. The van der Waals surface area contributed by atoms with E-state index in [1.807, 2.05) is 13.8 Å². The van der Waals surface area contributed by atoms with Gasteiger partial charge in [0.2, 0.25) is 5.91 Å². The summed E-state index contributed by atoms with van der Waals surface area (Å²) in [5.41, 5.74) is 0.547. The first-order chi connectivity index (χ1) is 15.1. The van der Waals surface area contributed by atoms with Gasteiger partial charge in [0.1, 0.15) is 11.5 Å². The Morgan fingerprint density at radius 1 is 1.22 bits per heavy atom. The molecule has 0 unspecified atom stereocenters. The maximum absolute atomic E-state index is 12.6. The van der Waals surface area contributed by atoms with Gasteiger partial charge in [-0.25, -0.2) is 4.79 Å². The first-order valence-corrected chi connectivity index (χ1v) is 10.7. The van der Waals surface area contributed by atoms with Crippen LogP contribution in [0, 0.1) is 16.0 Å². The highest BCUT2D eigenvalue weighted by Gasteiger charge is 2.38. The van der Waals surface area contributed by atoms with Crippen molar-refractivity contribution in [3.05, 3.63) is 55.9 Å². The molecule has 0 fully saturated rings. The average molecular weight is 459 g/mol. The van der Waals surface area contributed by atoms with Crippen LogP contribution in [0.25, 0.3) is 0 Å². The number of nitro benzene ring substituents is 1. The largest absolute Gasteiger partial charge is 0.462 e. The minimum atomic E-state index is -0.791. The Bertz CT molecular complexity index is 1120. The summed E-state index contributed by atoms with van der Waals surface area (Å²) in [6.07, 6.45) is 0.609. The number of thiophene rings is 1. The fourth-order valence-corrected chi connectivity index (χ4v) is 4.33. The summed E-state index contributed by atoms with van der Waals surface area (Å²) in [5, 5.41) is 15.6. The van der Waals surface area contributed by atoms with Crippen LogP contribution in [0.3, 0.4) is 0 Å². The van der Waals surface area contributed by atoms with Gasteiger partial charge in [0.15, 0.2) is 0 Å². The molecule has 0 atom stereocenters. The second-order valence-electron chi connectivity index (χ2n) is 7.52. The number of rotatable bonds is 8. The molecule has 2 aromatic rings. The molecule has 2 heterocycles. The van der Waals surface area contributed by atoms with E-state index in [0.717, 1.165) is 33.9 Å². The lowest BCUT2D eigenvalue weighted by atomic mass is 10.0. The van der Waals surface area contributed by atoms with Crippen LogP contribution in [-0.2, 0) is 16.0 Å². The summed E-state index contributed by atoms with van der Waals surface area (Å²) in [4.78, 5) is 61.2. The predicted molar refractivity (Wildman–Crippen MR) is 116 cm³/mol. The van der Waals surface area contributed by atoms with Crippen molar-refractivity contribution in [2.75, 3.05) is 18.5 Å². The number of imide groups is 1. The van der Waals surface area contributed by atoms with Crippen LogP contribution in [0.1, 0.15) is 57.4 Å². The molecule has 3 rings (SSSR count). The van der Waals surface area contributed by atoms with E-state index >= 15 is 0 Å². The van der Waals surface area contributed by atoms with Crippen LogP contribution in [0.4, 0.5) is 10.7 Å². The summed E-state index contributed by atoms with van der Waals surface area (Å²) >= 11 is 1.16. The second kappa shape index (κ2) is 9.27. The number of amides is 3. The van der Waals surface area contributed by atoms with Crippen molar-refractivity contribution in [3.8, 4) is 0 Å². The topological polar surface area (TPSA) is 136 Å². The Hall–Kier alpha value is -3.60. The minimum absolute atomic E-state index is 0.00374. The number of ether oxygens (including phenoxy) is 1. The van der Waals surface area contributed by atoms with E-state index in [2.05, 4.69) is 5.32 Å². The molecule has 32 heavy (non-hydrogen) atoms. The molecule has 0 saturated heterocycles. The van der Waals surface area contributed by atoms with Crippen LogP contribution in [-0.4, -0.2) is 46.7 Å². The lowest BCUT2D eigenvalue weighted by molar-refractivity contribution is -0.384. The van der Waals surface area contributed by atoms with Crippen LogP contribution in [0.15, 0.2) is 23.6 Å². The third-order valence-electron chi connectivity index (χ3n) is 4.69. The van der Waals surface area contributed by atoms with Crippen molar-refractivity contribution in [1.82, 2.24) is 4.90 Å². The molecule has 1 aliphatic rings. The monoisotopic (exact) mass is 459 g/mol. The number of nitrogens with zero attached hydrogens (tertiary/aromatic N) is 2. The number of esters is 1. The van der Waals surface area contributed by atoms with E-state index in [4.69, 9.17) is 4.74 Å². The number of nitrogens with one attached hydrogen (secondary N) is 1. The molecule has 1 aromatic carbocycles. The van der Waals surface area contributed by atoms with Gasteiger partial charge >= 0.3 is 5.97 Å². The quantitative estimate of drug-likeness (QED) is 0.277. The molecule has 1 N–H and O–H groups in total. The summed E-state index contributed by atoms with van der Waals surface area (Å²) in [5.74, 6) is -2.48. The van der Waals surface area contributed by atoms with Gasteiger partial charge in [-0.2, -0.15) is 0 Å². The zero-order valence-corrected chi connectivity index (χ0v) is 18.5. The molecule has 0 spiro atoms.